The summed E-state index contributed by atoms with van der Waals surface area (Å²) in [5.41, 5.74) is 0. The summed E-state index contributed by atoms with van der Waals surface area (Å²) in [4.78, 5) is 10.2. The number of hydrogen-bond acceptors (Lipinski definition) is 4. The van der Waals surface area contributed by atoms with Crippen LogP contribution in [-0.4, -0.2) is 27.4 Å². The molecule has 0 radical (unpaired) electrons. The van der Waals surface area contributed by atoms with Gasteiger partial charge in [0.2, 0.25) is 6.10 Å². The molecule has 1 unspecified atom stereocenters. The maximum Gasteiger partial charge on any atom is 0.349 e. The third-order valence-corrected chi connectivity index (χ3v) is 1.08. The molecule has 0 bridgehead atoms. The van der Waals surface area contributed by atoms with Gasteiger partial charge in [-0.2, -0.15) is 0 Å². The van der Waals surface area contributed by atoms with Gasteiger partial charge in [-0.05, 0) is 0 Å². The molecule has 1 aliphatic rings. The normalized spacial score (nSPS) is 23.1. The van der Waals surface area contributed by atoms with Crippen molar-refractivity contribution in [3.05, 3.63) is 23.9 Å². The van der Waals surface area contributed by atoms with Crippen molar-refractivity contribution in [3.63, 3.8) is 0 Å². The molecule has 0 aliphatic carbocycles. The Balaban J connectivity index is 2.79. The minimum absolute atomic E-state index is 0.318. The van der Waals surface area contributed by atoms with Gasteiger partial charge in [0.1, 0.15) is 5.76 Å². The molecule has 5 nitrogen and oxygen atoms in total. The number of allylic oxidation sites excluding steroid dienone is 1. The van der Waals surface area contributed by atoms with E-state index >= 15 is 0 Å². The lowest BCUT2D eigenvalue weighted by Gasteiger charge is -2.13. The number of hydrogen-bond donors (Lipinski definition) is 3. The number of aliphatic hydroxyl groups excluding tert-OH is 2. The molecule has 3 N–H and O–H groups in total. The van der Waals surface area contributed by atoms with E-state index in [1.807, 2.05) is 0 Å². The summed E-state index contributed by atoms with van der Waals surface area (Å²) in [6.07, 6.45) is 0.585. The summed E-state index contributed by atoms with van der Waals surface area (Å²) in [5.74, 6) is -2.19. The van der Waals surface area contributed by atoms with Gasteiger partial charge in [-0.25, -0.2) is 4.79 Å². The fourth-order valence-corrected chi connectivity index (χ4v) is 0.650. The summed E-state index contributed by atoms with van der Waals surface area (Å²) in [5, 5.41) is 25.8. The summed E-state index contributed by atoms with van der Waals surface area (Å²) in [6.45, 7) is 0. The number of aliphatic hydroxyl groups is 2. The van der Waals surface area contributed by atoms with E-state index in [9.17, 15) is 4.79 Å². The Hall–Kier alpha value is -1.65. The van der Waals surface area contributed by atoms with E-state index in [-0.39, 0.29) is 5.76 Å². The highest BCUT2D eigenvalue weighted by atomic mass is 16.6. The Labute approximate surface area is 61.8 Å². The molecule has 1 atom stereocenters. The van der Waals surface area contributed by atoms with Gasteiger partial charge in [0, 0.05) is 6.08 Å². The second kappa shape index (κ2) is 2.53. The number of carboxylic acids is 1. The Morgan fingerprint density at radius 3 is 2.64 bits per heavy atom. The standard InChI is InChI=1S/C6H6O5/c7-3-1-4(6(9)10)11-5(8)2-3/h1-2,4,7-8H,(H,9,10). The van der Waals surface area contributed by atoms with Crippen LogP contribution in [0.15, 0.2) is 23.9 Å². The number of aliphatic carboxylic acids is 1. The lowest BCUT2D eigenvalue weighted by Crippen LogP contribution is -2.23. The molecular weight excluding hydrogens is 152 g/mol. The summed E-state index contributed by atoms with van der Waals surface area (Å²) in [6, 6.07) is 0. The van der Waals surface area contributed by atoms with Crippen molar-refractivity contribution >= 4 is 5.97 Å². The highest BCUT2D eigenvalue weighted by Gasteiger charge is 2.21. The van der Waals surface area contributed by atoms with Crippen LogP contribution in [0.1, 0.15) is 0 Å². The first-order valence-electron chi connectivity index (χ1n) is 2.80. The highest BCUT2D eigenvalue weighted by Crippen LogP contribution is 2.12. The zero-order valence-corrected chi connectivity index (χ0v) is 5.39. The number of rotatable bonds is 1. The van der Waals surface area contributed by atoms with Crippen molar-refractivity contribution in [2.24, 2.45) is 0 Å². The van der Waals surface area contributed by atoms with E-state index in [0.29, 0.717) is 0 Å². The zero-order valence-electron chi connectivity index (χ0n) is 5.39. The van der Waals surface area contributed by atoms with Crippen LogP contribution in [0.2, 0.25) is 0 Å². The number of carboxylic acid groups (broad SMARTS) is 1. The van der Waals surface area contributed by atoms with Crippen LogP contribution in [0.25, 0.3) is 0 Å². The van der Waals surface area contributed by atoms with E-state index in [0.717, 1.165) is 12.2 Å². The van der Waals surface area contributed by atoms with E-state index in [2.05, 4.69) is 4.74 Å². The van der Waals surface area contributed by atoms with Crippen LogP contribution in [0.4, 0.5) is 0 Å². The van der Waals surface area contributed by atoms with Gasteiger partial charge in [0.25, 0.3) is 5.95 Å². The van der Waals surface area contributed by atoms with Gasteiger partial charge >= 0.3 is 5.97 Å². The molecule has 0 amide bonds. The largest absolute Gasteiger partial charge is 0.508 e. The van der Waals surface area contributed by atoms with Crippen molar-refractivity contribution in [1.82, 2.24) is 0 Å². The molecule has 0 saturated carbocycles. The minimum atomic E-state index is -1.31. The van der Waals surface area contributed by atoms with E-state index < -0.39 is 18.0 Å². The molecule has 0 spiro atoms. The lowest BCUT2D eigenvalue weighted by molar-refractivity contribution is -0.147. The molecule has 60 valence electrons. The van der Waals surface area contributed by atoms with E-state index in [1.54, 1.807) is 0 Å². The Morgan fingerprint density at radius 1 is 1.55 bits per heavy atom. The molecule has 0 aromatic heterocycles. The van der Waals surface area contributed by atoms with Crippen molar-refractivity contribution in [2.75, 3.05) is 0 Å². The zero-order chi connectivity index (χ0) is 8.43. The van der Waals surface area contributed by atoms with Crippen molar-refractivity contribution in [2.45, 2.75) is 6.10 Å². The third kappa shape index (κ3) is 1.64. The SMILES string of the molecule is O=C(O)C1C=C(O)C=C(O)O1. The van der Waals surface area contributed by atoms with Crippen LogP contribution in [0.3, 0.4) is 0 Å². The molecule has 5 heteroatoms. The van der Waals surface area contributed by atoms with Crippen LogP contribution >= 0.6 is 0 Å². The Morgan fingerprint density at radius 2 is 2.18 bits per heavy atom. The van der Waals surface area contributed by atoms with Crippen LogP contribution in [-0.2, 0) is 9.53 Å². The number of carbonyl (C=O) groups is 1. The first-order valence-corrected chi connectivity index (χ1v) is 2.80. The van der Waals surface area contributed by atoms with Crippen molar-refractivity contribution in [3.8, 4) is 0 Å². The minimum Gasteiger partial charge on any atom is -0.508 e. The van der Waals surface area contributed by atoms with E-state index in [1.165, 1.54) is 0 Å². The summed E-state index contributed by atoms with van der Waals surface area (Å²) < 4.78 is 4.40. The average molecular weight is 158 g/mol. The van der Waals surface area contributed by atoms with Gasteiger partial charge in [0.05, 0.1) is 6.08 Å². The van der Waals surface area contributed by atoms with Gasteiger partial charge in [0.15, 0.2) is 0 Å². The third-order valence-electron chi connectivity index (χ3n) is 1.08. The smallest absolute Gasteiger partial charge is 0.349 e. The fraction of sp³-hybridized carbons (Fsp3) is 0.167. The topological polar surface area (TPSA) is 87.0 Å². The predicted octanol–water partition coefficient (Wildman–Crippen LogP) is 0.311. The Bertz CT molecular complexity index is 239. The first kappa shape index (κ1) is 7.46. The van der Waals surface area contributed by atoms with Crippen LogP contribution in [0, 0.1) is 0 Å². The number of ether oxygens (including phenoxy) is 1. The molecule has 1 rings (SSSR count). The van der Waals surface area contributed by atoms with Crippen LogP contribution in [0.5, 0.6) is 0 Å². The lowest BCUT2D eigenvalue weighted by atomic mass is 10.2. The van der Waals surface area contributed by atoms with Crippen LogP contribution < -0.4 is 0 Å². The van der Waals surface area contributed by atoms with Gasteiger partial charge in [-0.1, -0.05) is 0 Å². The maximum absolute atomic E-state index is 10.2. The molecule has 11 heavy (non-hydrogen) atoms. The molecule has 0 saturated heterocycles. The monoisotopic (exact) mass is 158 g/mol. The van der Waals surface area contributed by atoms with Gasteiger partial charge in [-0.3, -0.25) is 0 Å². The second-order valence-electron chi connectivity index (χ2n) is 1.95. The van der Waals surface area contributed by atoms with Gasteiger partial charge < -0.3 is 20.1 Å². The van der Waals surface area contributed by atoms with Crippen molar-refractivity contribution in [1.29, 1.82) is 0 Å². The maximum atomic E-state index is 10.2. The van der Waals surface area contributed by atoms with Gasteiger partial charge in [-0.15, -0.1) is 0 Å². The predicted molar refractivity (Wildman–Crippen MR) is 33.9 cm³/mol. The molecule has 1 aliphatic heterocycles. The molecule has 0 aromatic carbocycles. The molecule has 0 fully saturated rings. The fourth-order valence-electron chi connectivity index (χ4n) is 0.650. The molecule has 0 aromatic rings. The molecular formula is C6H6O5. The second-order valence-corrected chi connectivity index (χ2v) is 1.95. The Kier molecular flexibility index (Phi) is 1.72. The average Bonchev–Trinajstić information content (AvgIpc) is 1.85. The molecule has 1 heterocycles. The first-order chi connectivity index (χ1) is 5.09. The van der Waals surface area contributed by atoms with E-state index in [4.69, 9.17) is 15.3 Å². The van der Waals surface area contributed by atoms with Crippen molar-refractivity contribution < 1.29 is 24.9 Å². The quantitative estimate of drug-likeness (QED) is 0.511. The highest BCUT2D eigenvalue weighted by molar-refractivity contribution is 5.75. The summed E-state index contributed by atoms with van der Waals surface area (Å²) in [7, 11) is 0. The summed E-state index contributed by atoms with van der Waals surface area (Å²) >= 11 is 0.